The van der Waals surface area contributed by atoms with Crippen LogP contribution >= 0.6 is 0 Å². The Morgan fingerprint density at radius 1 is 1.11 bits per heavy atom. The Balaban J connectivity index is 1.94. The van der Waals surface area contributed by atoms with Crippen LogP contribution in [0.2, 0.25) is 0 Å². The summed E-state index contributed by atoms with van der Waals surface area (Å²) in [6.07, 6.45) is 4.63. The van der Waals surface area contributed by atoms with Crippen molar-refractivity contribution in [2.45, 2.75) is 25.3 Å². The maximum Gasteiger partial charge on any atom is 0.0139 e. The first kappa shape index (κ1) is 4.73. The summed E-state index contributed by atoms with van der Waals surface area (Å²) < 4.78 is 0. The van der Waals surface area contributed by atoms with Gasteiger partial charge >= 0.3 is 0 Å². The van der Waals surface area contributed by atoms with Crippen molar-refractivity contribution in [1.82, 2.24) is 5.32 Å². The highest BCUT2D eigenvalue weighted by Gasteiger charge is 2.51. The minimum absolute atomic E-state index is 0.976. The summed E-state index contributed by atoms with van der Waals surface area (Å²) in [5.41, 5.74) is 0. The van der Waals surface area contributed by atoms with Crippen molar-refractivity contribution in [3.05, 3.63) is 0 Å². The van der Waals surface area contributed by atoms with Gasteiger partial charge in [0.05, 0.1) is 0 Å². The van der Waals surface area contributed by atoms with Gasteiger partial charge < -0.3 is 5.32 Å². The van der Waals surface area contributed by atoms with Gasteiger partial charge in [0.2, 0.25) is 0 Å². The largest absolute Gasteiger partial charge is 0.313 e. The zero-order valence-electron chi connectivity index (χ0n) is 5.64. The van der Waals surface area contributed by atoms with E-state index < -0.39 is 0 Å². The zero-order chi connectivity index (χ0) is 5.84. The van der Waals surface area contributed by atoms with Gasteiger partial charge in [0.15, 0.2) is 0 Å². The molecule has 1 saturated heterocycles. The molecule has 0 unspecified atom stereocenters. The van der Waals surface area contributed by atoms with Crippen LogP contribution in [-0.2, 0) is 0 Å². The molecule has 3 fully saturated rings. The minimum atomic E-state index is 0.976. The lowest BCUT2D eigenvalue weighted by molar-refractivity contribution is 0.153. The molecule has 50 valence electrons. The molecule has 0 aromatic heterocycles. The summed E-state index contributed by atoms with van der Waals surface area (Å²) in [5, 5.41) is 3.54. The van der Waals surface area contributed by atoms with Gasteiger partial charge in [0.1, 0.15) is 0 Å². The zero-order valence-corrected chi connectivity index (χ0v) is 5.64. The van der Waals surface area contributed by atoms with E-state index in [9.17, 15) is 0 Å². The summed E-state index contributed by atoms with van der Waals surface area (Å²) >= 11 is 0. The second-order valence-electron chi connectivity index (χ2n) is 3.93. The highest BCUT2D eigenvalue weighted by Crippen LogP contribution is 2.51. The van der Waals surface area contributed by atoms with Crippen LogP contribution in [0.25, 0.3) is 0 Å². The monoisotopic (exact) mass is 123 g/mol. The molecule has 0 aromatic carbocycles. The Kier molecular flexibility index (Phi) is 0.704. The van der Waals surface area contributed by atoms with Crippen molar-refractivity contribution in [1.29, 1.82) is 0 Å². The molecule has 3 rings (SSSR count). The van der Waals surface area contributed by atoms with Crippen LogP contribution in [-0.4, -0.2) is 12.6 Å². The van der Waals surface area contributed by atoms with Gasteiger partial charge in [0, 0.05) is 6.04 Å². The molecule has 0 amide bonds. The van der Waals surface area contributed by atoms with E-state index in [1.807, 2.05) is 0 Å². The lowest BCUT2D eigenvalue weighted by atomic mass is 9.79. The molecule has 0 aromatic rings. The predicted octanol–water partition coefficient (Wildman–Crippen LogP) is 1.00. The first-order valence-corrected chi connectivity index (χ1v) is 4.18. The third kappa shape index (κ3) is 0.420. The first-order valence-electron chi connectivity index (χ1n) is 4.18. The summed E-state index contributed by atoms with van der Waals surface area (Å²) in [6.45, 7) is 1.34. The van der Waals surface area contributed by atoms with Crippen LogP contribution in [0.3, 0.4) is 0 Å². The number of nitrogens with one attached hydrogen (secondary N) is 1. The van der Waals surface area contributed by atoms with Gasteiger partial charge in [-0.15, -0.1) is 0 Å². The second-order valence-corrected chi connectivity index (χ2v) is 3.93. The van der Waals surface area contributed by atoms with Crippen molar-refractivity contribution in [2.75, 3.05) is 6.54 Å². The molecule has 2 saturated carbocycles. The topological polar surface area (TPSA) is 12.0 Å². The summed E-state index contributed by atoms with van der Waals surface area (Å²) in [6, 6.07) is 0.976. The molecular weight excluding hydrogens is 110 g/mol. The van der Waals surface area contributed by atoms with E-state index in [1.165, 1.54) is 13.0 Å². The predicted molar refractivity (Wildman–Crippen MR) is 36.1 cm³/mol. The SMILES string of the molecule is C1C[C@@H]2C[C@@H]1[C@@H]1CN[C@H]21. The molecular formula is C8H13N. The van der Waals surface area contributed by atoms with Crippen molar-refractivity contribution in [3.8, 4) is 0 Å². The van der Waals surface area contributed by atoms with E-state index in [2.05, 4.69) is 5.32 Å². The summed E-state index contributed by atoms with van der Waals surface area (Å²) in [5.74, 6) is 3.35. The highest BCUT2D eigenvalue weighted by atomic mass is 15.0. The lowest BCUT2D eigenvalue weighted by Crippen LogP contribution is -2.55. The van der Waals surface area contributed by atoms with Gasteiger partial charge in [-0.25, -0.2) is 0 Å². The Hall–Kier alpha value is -0.0400. The van der Waals surface area contributed by atoms with E-state index in [-0.39, 0.29) is 0 Å². The van der Waals surface area contributed by atoms with Crippen LogP contribution in [0.5, 0.6) is 0 Å². The van der Waals surface area contributed by atoms with Crippen LogP contribution in [0.1, 0.15) is 19.3 Å². The molecule has 2 bridgehead atoms. The maximum absolute atomic E-state index is 3.54. The third-order valence-electron chi connectivity index (χ3n) is 3.68. The molecule has 2 aliphatic carbocycles. The Bertz CT molecular complexity index is 124. The van der Waals surface area contributed by atoms with Crippen LogP contribution < -0.4 is 5.32 Å². The number of hydrogen-bond acceptors (Lipinski definition) is 1. The van der Waals surface area contributed by atoms with Crippen LogP contribution in [0.4, 0.5) is 0 Å². The summed E-state index contributed by atoms with van der Waals surface area (Å²) in [4.78, 5) is 0. The van der Waals surface area contributed by atoms with Gasteiger partial charge in [0.25, 0.3) is 0 Å². The molecule has 1 aliphatic heterocycles. The average molecular weight is 123 g/mol. The van der Waals surface area contributed by atoms with Crippen molar-refractivity contribution >= 4 is 0 Å². The highest BCUT2D eigenvalue weighted by molar-refractivity contribution is 5.06. The van der Waals surface area contributed by atoms with E-state index in [1.54, 1.807) is 12.8 Å². The second kappa shape index (κ2) is 1.34. The van der Waals surface area contributed by atoms with Gasteiger partial charge in [-0.3, -0.25) is 0 Å². The molecule has 1 nitrogen and oxygen atoms in total. The Morgan fingerprint density at radius 2 is 2.00 bits per heavy atom. The Labute approximate surface area is 55.8 Å². The molecule has 1 N–H and O–H groups in total. The minimum Gasteiger partial charge on any atom is -0.313 e. The smallest absolute Gasteiger partial charge is 0.0139 e. The van der Waals surface area contributed by atoms with Gasteiger partial charge in [-0.2, -0.15) is 0 Å². The average Bonchev–Trinajstić information content (AvgIpc) is 2.18. The molecule has 3 aliphatic rings. The van der Waals surface area contributed by atoms with Crippen molar-refractivity contribution in [3.63, 3.8) is 0 Å². The fraction of sp³-hybridized carbons (Fsp3) is 1.00. The maximum atomic E-state index is 3.54. The Morgan fingerprint density at radius 3 is 2.44 bits per heavy atom. The molecule has 0 radical (unpaired) electrons. The van der Waals surface area contributed by atoms with E-state index in [0.717, 1.165) is 23.8 Å². The molecule has 9 heavy (non-hydrogen) atoms. The van der Waals surface area contributed by atoms with E-state index in [4.69, 9.17) is 0 Å². The molecule has 0 spiro atoms. The fourth-order valence-electron chi connectivity index (χ4n) is 3.13. The van der Waals surface area contributed by atoms with E-state index in [0.29, 0.717) is 0 Å². The standard InChI is InChI=1S/C8H13N/c1-2-6-3-5(1)7-4-9-8(6)7/h5-9H,1-4H2/t5-,6-,7+,8-/m1/s1. The van der Waals surface area contributed by atoms with Crippen molar-refractivity contribution in [2.24, 2.45) is 17.8 Å². The number of hydrogen-bond donors (Lipinski definition) is 1. The van der Waals surface area contributed by atoms with E-state index >= 15 is 0 Å². The number of fused-ring (bicyclic) bond motifs is 5. The molecule has 1 heterocycles. The fourth-order valence-corrected chi connectivity index (χ4v) is 3.13. The number of rotatable bonds is 0. The van der Waals surface area contributed by atoms with Crippen LogP contribution in [0.15, 0.2) is 0 Å². The van der Waals surface area contributed by atoms with Crippen molar-refractivity contribution < 1.29 is 0 Å². The first-order chi connectivity index (χ1) is 4.45. The molecule has 1 heteroatoms. The third-order valence-corrected chi connectivity index (χ3v) is 3.68. The molecule has 4 atom stereocenters. The summed E-state index contributed by atoms with van der Waals surface area (Å²) in [7, 11) is 0. The van der Waals surface area contributed by atoms with Crippen LogP contribution in [0, 0.1) is 17.8 Å². The normalized spacial score (nSPS) is 61.3. The lowest BCUT2D eigenvalue weighted by Gasteiger charge is -2.41. The van der Waals surface area contributed by atoms with Gasteiger partial charge in [-0.1, -0.05) is 0 Å². The quantitative estimate of drug-likeness (QED) is 0.507. The van der Waals surface area contributed by atoms with Gasteiger partial charge in [-0.05, 0) is 43.6 Å².